The Balaban J connectivity index is 1.58. The maximum absolute atomic E-state index is 13.0. The van der Waals surface area contributed by atoms with Crippen molar-refractivity contribution in [3.05, 3.63) is 95.1 Å². The van der Waals surface area contributed by atoms with Gasteiger partial charge in [-0.15, -0.1) is 11.8 Å². The molecule has 4 rings (SSSR count). The third-order valence-electron chi connectivity index (χ3n) is 5.85. The maximum Gasteiger partial charge on any atom is 0.238 e. The van der Waals surface area contributed by atoms with E-state index in [1.807, 2.05) is 85.5 Å². The number of benzene rings is 3. The van der Waals surface area contributed by atoms with Crippen LogP contribution in [0.5, 0.6) is 0 Å². The second-order valence-corrected chi connectivity index (χ2v) is 9.27. The number of hydrogen-bond donors (Lipinski definition) is 1. The number of nitrogens with one attached hydrogen (secondary N) is 1. The van der Waals surface area contributed by atoms with Crippen LogP contribution in [-0.4, -0.2) is 17.6 Å². The lowest BCUT2D eigenvalue weighted by molar-refractivity contribution is -0.118. The summed E-state index contributed by atoms with van der Waals surface area (Å²) in [4.78, 5) is 27.7. The van der Waals surface area contributed by atoms with Crippen molar-refractivity contribution >= 4 is 35.0 Å². The van der Waals surface area contributed by atoms with Gasteiger partial charge in [0.1, 0.15) is 5.37 Å². The van der Waals surface area contributed by atoms with Crippen LogP contribution in [0, 0.1) is 13.8 Å². The number of aryl methyl sites for hydroxylation is 2. The molecule has 1 aliphatic rings. The Labute approximate surface area is 194 Å². The second kappa shape index (κ2) is 9.61. The summed E-state index contributed by atoms with van der Waals surface area (Å²) >= 11 is 1.62. The third-order valence-corrected chi connectivity index (χ3v) is 7.06. The van der Waals surface area contributed by atoms with Gasteiger partial charge >= 0.3 is 0 Å². The number of carbonyl (C=O) groups excluding carboxylic acids is 2. The van der Waals surface area contributed by atoms with Crippen LogP contribution in [0.25, 0.3) is 0 Å². The predicted molar refractivity (Wildman–Crippen MR) is 133 cm³/mol. The molecule has 32 heavy (non-hydrogen) atoms. The topological polar surface area (TPSA) is 49.4 Å². The Kier molecular flexibility index (Phi) is 6.66. The number of nitrogens with zero attached hydrogens (tertiary/aromatic N) is 1. The lowest BCUT2D eigenvalue weighted by Crippen LogP contribution is -2.28. The highest BCUT2D eigenvalue weighted by Crippen LogP contribution is 2.43. The van der Waals surface area contributed by atoms with Gasteiger partial charge in [0.15, 0.2) is 0 Å². The van der Waals surface area contributed by atoms with E-state index in [1.54, 1.807) is 11.8 Å². The molecule has 164 valence electrons. The first-order valence-electron chi connectivity index (χ1n) is 10.9. The zero-order chi connectivity index (χ0) is 22.7. The Bertz CT molecular complexity index is 1130. The van der Waals surface area contributed by atoms with E-state index in [2.05, 4.69) is 18.3 Å². The standard InChI is InChI=1S/C27H28N2O2S/c1-4-23(20-9-6-5-7-10-20)26(31)28-22-12-8-11-21(16-22)27-29(25(30)17-32-27)24-14-13-18(2)15-19(24)3/h5-16,23,27H,4,17H2,1-3H3,(H,28,31)/t23-,27-/m1/s1. The van der Waals surface area contributed by atoms with Crippen molar-refractivity contribution in [2.75, 3.05) is 16.0 Å². The quantitative estimate of drug-likeness (QED) is 0.491. The van der Waals surface area contributed by atoms with Crippen molar-refractivity contribution in [3.8, 4) is 0 Å². The van der Waals surface area contributed by atoms with E-state index < -0.39 is 0 Å². The SMILES string of the molecule is CC[C@@H](C(=O)Nc1cccc([C@H]2SCC(=O)N2c2ccc(C)cc2C)c1)c1ccccc1. The second-order valence-electron chi connectivity index (χ2n) is 8.20. The van der Waals surface area contributed by atoms with Crippen LogP contribution < -0.4 is 10.2 Å². The van der Waals surface area contributed by atoms with E-state index in [9.17, 15) is 9.59 Å². The van der Waals surface area contributed by atoms with Crippen LogP contribution in [0.1, 0.15) is 46.9 Å². The van der Waals surface area contributed by atoms with Gasteiger partial charge in [0.2, 0.25) is 11.8 Å². The van der Waals surface area contributed by atoms with E-state index in [4.69, 9.17) is 0 Å². The fourth-order valence-electron chi connectivity index (χ4n) is 4.26. The smallest absolute Gasteiger partial charge is 0.238 e. The maximum atomic E-state index is 13.0. The molecule has 0 unspecified atom stereocenters. The van der Waals surface area contributed by atoms with Crippen LogP contribution in [0.2, 0.25) is 0 Å². The van der Waals surface area contributed by atoms with E-state index in [0.29, 0.717) is 5.75 Å². The summed E-state index contributed by atoms with van der Waals surface area (Å²) in [7, 11) is 0. The van der Waals surface area contributed by atoms with Gasteiger partial charge < -0.3 is 5.32 Å². The van der Waals surface area contributed by atoms with Crippen LogP contribution in [-0.2, 0) is 9.59 Å². The highest BCUT2D eigenvalue weighted by molar-refractivity contribution is 8.00. The minimum atomic E-state index is -0.200. The monoisotopic (exact) mass is 444 g/mol. The zero-order valence-electron chi connectivity index (χ0n) is 18.7. The number of amides is 2. The Hall–Kier alpha value is -3.05. The van der Waals surface area contributed by atoms with Gasteiger partial charge in [0.25, 0.3) is 0 Å². The molecule has 3 aromatic carbocycles. The van der Waals surface area contributed by atoms with Crippen molar-refractivity contribution in [2.45, 2.75) is 38.5 Å². The Morgan fingerprint density at radius 1 is 1.06 bits per heavy atom. The van der Waals surface area contributed by atoms with E-state index in [-0.39, 0.29) is 23.1 Å². The molecule has 2 atom stereocenters. The van der Waals surface area contributed by atoms with Gasteiger partial charge in [-0.25, -0.2) is 0 Å². The summed E-state index contributed by atoms with van der Waals surface area (Å²) in [5.74, 6) is 0.336. The van der Waals surface area contributed by atoms with E-state index in [0.717, 1.165) is 34.5 Å². The molecule has 1 N–H and O–H groups in total. The molecule has 4 nitrogen and oxygen atoms in total. The highest BCUT2D eigenvalue weighted by Gasteiger charge is 2.35. The summed E-state index contributed by atoms with van der Waals surface area (Å²) in [5.41, 5.74) is 5.98. The summed E-state index contributed by atoms with van der Waals surface area (Å²) in [6, 6.07) is 23.9. The van der Waals surface area contributed by atoms with Crippen molar-refractivity contribution < 1.29 is 9.59 Å². The molecule has 0 radical (unpaired) electrons. The number of rotatable bonds is 6. The van der Waals surface area contributed by atoms with Crippen molar-refractivity contribution in [1.82, 2.24) is 0 Å². The summed E-state index contributed by atoms with van der Waals surface area (Å²) < 4.78 is 0. The molecular weight excluding hydrogens is 416 g/mol. The molecule has 0 spiro atoms. The number of hydrogen-bond acceptors (Lipinski definition) is 3. The third kappa shape index (κ3) is 4.58. The average molecular weight is 445 g/mol. The first-order valence-corrected chi connectivity index (χ1v) is 12.0. The van der Waals surface area contributed by atoms with Gasteiger partial charge in [-0.3, -0.25) is 14.5 Å². The minimum absolute atomic E-state index is 0.0164. The number of anilines is 2. The van der Waals surface area contributed by atoms with Gasteiger partial charge in [-0.2, -0.15) is 0 Å². The lowest BCUT2D eigenvalue weighted by atomic mass is 9.95. The molecule has 3 aromatic rings. The molecular formula is C27H28N2O2S. The fraction of sp³-hybridized carbons (Fsp3) is 0.259. The van der Waals surface area contributed by atoms with Gasteiger partial charge in [-0.05, 0) is 55.2 Å². The van der Waals surface area contributed by atoms with Crippen LogP contribution in [0.3, 0.4) is 0 Å². The number of thioether (sulfide) groups is 1. The van der Waals surface area contributed by atoms with Crippen molar-refractivity contribution in [1.29, 1.82) is 0 Å². The zero-order valence-corrected chi connectivity index (χ0v) is 19.5. The van der Waals surface area contributed by atoms with E-state index >= 15 is 0 Å². The average Bonchev–Trinajstić information content (AvgIpc) is 3.16. The molecule has 0 saturated carbocycles. The van der Waals surface area contributed by atoms with Crippen molar-refractivity contribution in [3.63, 3.8) is 0 Å². The van der Waals surface area contributed by atoms with Gasteiger partial charge in [0.05, 0.1) is 11.7 Å². The molecule has 2 amide bonds. The summed E-state index contributed by atoms with van der Waals surface area (Å²) in [5, 5.41) is 2.97. The minimum Gasteiger partial charge on any atom is -0.326 e. The molecule has 1 heterocycles. The molecule has 0 aromatic heterocycles. The summed E-state index contributed by atoms with van der Waals surface area (Å²) in [6.45, 7) is 6.12. The molecule has 1 saturated heterocycles. The molecule has 1 fully saturated rings. The Morgan fingerprint density at radius 3 is 2.56 bits per heavy atom. The molecule has 1 aliphatic heterocycles. The number of carbonyl (C=O) groups is 2. The van der Waals surface area contributed by atoms with E-state index in [1.165, 1.54) is 5.56 Å². The van der Waals surface area contributed by atoms with Crippen LogP contribution in [0.15, 0.2) is 72.8 Å². The first kappa shape index (κ1) is 22.2. The summed E-state index contributed by atoms with van der Waals surface area (Å²) in [6.07, 6.45) is 0.725. The fourth-order valence-corrected chi connectivity index (χ4v) is 5.42. The van der Waals surface area contributed by atoms with Crippen LogP contribution in [0.4, 0.5) is 11.4 Å². The Morgan fingerprint density at radius 2 is 1.84 bits per heavy atom. The normalized spacial score (nSPS) is 16.8. The predicted octanol–water partition coefficient (Wildman–Crippen LogP) is 6.21. The molecule has 5 heteroatoms. The highest BCUT2D eigenvalue weighted by atomic mass is 32.2. The van der Waals surface area contributed by atoms with Gasteiger partial charge in [0, 0.05) is 11.4 Å². The molecule has 0 bridgehead atoms. The molecule has 0 aliphatic carbocycles. The first-order chi connectivity index (χ1) is 15.5. The van der Waals surface area contributed by atoms with Crippen molar-refractivity contribution in [2.24, 2.45) is 0 Å². The largest absolute Gasteiger partial charge is 0.326 e. The van der Waals surface area contributed by atoms with Crippen LogP contribution >= 0.6 is 11.8 Å². The lowest BCUT2D eigenvalue weighted by Gasteiger charge is -2.26. The van der Waals surface area contributed by atoms with Gasteiger partial charge in [-0.1, -0.05) is 67.1 Å².